The summed E-state index contributed by atoms with van der Waals surface area (Å²) in [5.41, 5.74) is 4.14. The van der Waals surface area contributed by atoms with Crippen LogP contribution in [0.15, 0.2) is 42.5 Å². The third kappa shape index (κ3) is 5.01. The van der Waals surface area contributed by atoms with E-state index in [2.05, 4.69) is 29.2 Å². The zero-order valence-electron chi connectivity index (χ0n) is 15.4. The molecule has 0 saturated carbocycles. The largest absolute Gasteiger partial charge is 0.508 e. The Hall–Kier alpha value is -3.06. The van der Waals surface area contributed by atoms with Crippen LogP contribution in [0, 0.1) is 0 Å². The highest BCUT2D eigenvalue weighted by Crippen LogP contribution is 2.31. The van der Waals surface area contributed by atoms with E-state index in [9.17, 15) is 5.11 Å². The third-order valence-electron chi connectivity index (χ3n) is 4.93. The molecule has 148 valence electrons. The van der Waals surface area contributed by atoms with Crippen molar-refractivity contribution in [3.8, 4) is 11.5 Å². The van der Waals surface area contributed by atoms with Gasteiger partial charge in [-0.05, 0) is 42.0 Å². The van der Waals surface area contributed by atoms with Crippen LogP contribution in [-0.4, -0.2) is 51.4 Å². The number of aromatic hydroxyl groups is 1. The average molecular weight is 385 g/mol. The Bertz CT molecular complexity index is 854. The topological polar surface area (TPSA) is 107 Å². The molecule has 2 aromatic rings. The highest BCUT2D eigenvalue weighted by Gasteiger charge is 2.24. The van der Waals surface area contributed by atoms with Gasteiger partial charge in [-0.25, -0.2) is 9.59 Å². The van der Waals surface area contributed by atoms with Gasteiger partial charge in [-0.2, -0.15) is 0 Å². The van der Waals surface area contributed by atoms with Crippen molar-refractivity contribution < 1.29 is 29.6 Å². The second-order valence-corrected chi connectivity index (χ2v) is 6.93. The maximum absolute atomic E-state index is 9.61. The van der Waals surface area contributed by atoms with Gasteiger partial charge < -0.3 is 20.1 Å². The van der Waals surface area contributed by atoms with Crippen LogP contribution >= 0.6 is 0 Å². The molecule has 0 aliphatic carbocycles. The minimum Gasteiger partial charge on any atom is -0.508 e. The summed E-state index contributed by atoms with van der Waals surface area (Å²) in [5, 5.41) is 24.4. The number of phenols is 1. The zero-order chi connectivity index (χ0) is 20.1. The fraction of sp³-hybridized carbons (Fsp3) is 0.333. The molecule has 7 heteroatoms. The lowest BCUT2D eigenvalue weighted by molar-refractivity contribution is -0.159. The molecule has 0 unspecified atom stereocenters. The molecule has 2 aliphatic heterocycles. The van der Waals surface area contributed by atoms with Crippen LogP contribution in [0.25, 0.3) is 0 Å². The van der Waals surface area contributed by atoms with E-state index in [1.165, 1.54) is 16.7 Å². The number of aryl methyl sites for hydroxylation is 1. The molecule has 3 N–H and O–H groups in total. The van der Waals surface area contributed by atoms with Gasteiger partial charge in [0.25, 0.3) is 0 Å². The lowest BCUT2D eigenvalue weighted by Gasteiger charge is -2.34. The van der Waals surface area contributed by atoms with Gasteiger partial charge >= 0.3 is 11.9 Å². The summed E-state index contributed by atoms with van der Waals surface area (Å²) < 4.78 is 6.10. The van der Waals surface area contributed by atoms with Crippen molar-refractivity contribution in [3.05, 3.63) is 59.2 Å². The number of hydrogen-bond donors (Lipinski definition) is 3. The van der Waals surface area contributed by atoms with Crippen LogP contribution in [0.5, 0.6) is 11.5 Å². The first-order valence-electron chi connectivity index (χ1n) is 9.16. The van der Waals surface area contributed by atoms with Crippen molar-refractivity contribution in [1.29, 1.82) is 0 Å². The Labute approximate surface area is 162 Å². The average Bonchev–Trinajstić information content (AvgIpc) is 2.68. The molecule has 0 bridgehead atoms. The number of carbonyl (C=O) groups is 2. The minimum absolute atomic E-state index is 0.222. The summed E-state index contributed by atoms with van der Waals surface area (Å²) in [6, 6.07) is 14.2. The lowest BCUT2D eigenvalue weighted by Crippen LogP contribution is -2.40. The van der Waals surface area contributed by atoms with E-state index in [0.717, 1.165) is 44.6 Å². The van der Waals surface area contributed by atoms with Crippen LogP contribution < -0.4 is 4.74 Å². The highest BCUT2D eigenvalue weighted by atomic mass is 16.5. The summed E-state index contributed by atoms with van der Waals surface area (Å²) in [4.78, 5) is 20.7. The standard InChI is InChI=1S/C19H21NO2.C2H2O4/c21-17-7-5-15-6-8-18(22-19(15)11-17)13-20-10-9-14-3-1-2-4-16(14)12-20;3-1(4)2(5)6/h1-5,7,11,18,21H,6,8-10,12-13H2;(H,3,4)(H,5,6)/t18-;/m0./s1. The highest BCUT2D eigenvalue weighted by molar-refractivity contribution is 6.27. The maximum Gasteiger partial charge on any atom is 0.414 e. The van der Waals surface area contributed by atoms with Gasteiger partial charge in [-0.1, -0.05) is 30.3 Å². The number of aliphatic carboxylic acids is 2. The Morgan fingerprint density at radius 1 is 1.00 bits per heavy atom. The van der Waals surface area contributed by atoms with Crippen LogP contribution in [0.1, 0.15) is 23.1 Å². The normalized spacial score (nSPS) is 17.9. The number of fused-ring (bicyclic) bond motifs is 2. The Kier molecular flexibility index (Phi) is 6.16. The monoisotopic (exact) mass is 385 g/mol. The number of nitrogens with zero attached hydrogens (tertiary/aromatic N) is 1. The van der Waals surface area contributed by atoms with Crippen molar-refractivity contribution in [3.63, 3.8) is 0 Å². The van der Waals surface area contributed by atoms with Crippen LogP contribution in [0.2, 0.25) is 0 Å². The first-order chi connectivity index (χ1) is 13.4. The van der Waals surface area contributed by atoms with Gasteiger partial charge in [0.1, 0.15) is 17.6 Å². The van der Waals surface area contributed by atoms with Crippen molar-refractivity contribution in [2.45, 2.75) is 31.9 Å². The van der Waals surface area contributed by atoms with Gasteiger partial charge in [0.15, 0.2) is 0 Å². The van der Waals surface area contributed by atoms with E-state index >= 15 is 0 Å². The molecule has 0 amide bonds. The number of phenolic OH excluding ortho intramolecular Hbond substituents is 1. The Morgan fingerprint density at radius 3 is 2.43 bits per heavy atom. The summed E-state index contributed by atoms with van der Waals surface area (Å²) >= 11 is 0. The fourth-order valence-corrected chi connectivity index (χ4v) is 3.54. The number of carboxylic acids is 2. The molecule has 0 saturated heterocycles. The minimum atomic E-state index is -1.82. The molecule has 2 aromatic carbocycles. The molecule has 1 atom stereocenters. The third-order valence-corrected chi connectivity index (χ3v) is 4.93. The SMILES string of the molecule is O=C(O)C(=O)O.Oc1ccc2c(c1)O[C@H](CN1CCc3ccccc3C1)CC2. The van der Waals surface area contributed by atoms with Crippen LogP contribution in [-0.2, 0) is 29.0 Å². The number of ether oxygens (including phenoxy) is 1. The quantitative estimate of drug-likeness (QED) is 0.681. The van der Waals surface area contributed by atoms with E-state index in [1.54, 1.807) is 12.1 Å². The van der Waals surface area contributed by atoms with E-state index in [-0.39, 0.29) is 11.9 Å². The maximum atomic E-state index is 9.61. The predicted octanol–water partition coefficient (Wildman–Crippen LogP) is 2.30. The molecular formula is C21H23NO6. The second-order valence-electron chi connectivity index (χ2n) is 6.93. The fourth-order valence-electron chi connectivity index (χ4n) is 3.54. The number of hydrogen-bond acceptors (Lipinski definition) is 5. The van der Waals surface area contributed by atoms with E-state index in [1.807, 2.05) is 6.07 Å². The molecule has 7 nitrogen and oxygen atoms in total. The van der Waals surface area contributed by atoms with Gasteiger partial charge in [0.05, 0.1) is 0 Å². The van der Waals surface area contributed by atoms with E-state index in [0.29, 0.717) is 0 Å². The Morgan fingerprint density at radius 2 is 1.71 bits per heavy atom. The smallest absolute Gasteiger partial charge is 0.414 e. The summed E-state index contributed by atoms with van der Waals surface area (Å²) in [7, 11) is 0. The summed E-state index contributed by atoms with van der Waals surface area (Å²) in [6.07, 6.45) is 3.43. The van der Waals surface area contributed by atoms with Gasteiger partial charge in [-0.15, -0.1) is 0 Å². The van der Waals surface area contributed by atoms with Gasteiger partial charge in [0, 0.05) is 25.7 Å². The number of carboxylic acid groups (broad SMARTS) is 2. The van der Waals surface area contributed by atoms with Crippen molar-refractivity contribution in [2.75, 3.05) is 13.1 Å². The van der Waals surface area contributed by atoms with Crippen LogP contribution in [0.4, 0.5) is 0 Å². The molecule has 0 radical (unpaired) electrons. The van der Waals surface area contributed by atoms with Crippen LogP contribution in [0.3, 0.4) is 0 Å². The number of benzene rings is 2. The van der Waals surface area contributed by atoms with Gasteiger partial charge in [-0.3, -0.25) is 4.90 Å². The molecular weight excluding hydrogens is 362 g/mol. The zero-order valence-corrected chi connectivity index (χ0v) is 15.4. The molecule has 2 aliphatic rings. The summed E-state index contributed by atoms with van der Waals surface area (Å²) in [5.74, 6) is -2.51. The van der Waals surface area contributed by atoms with E-state index in [4.69, 9.17) is 24.5 Å². The van der Waals surface area contributed by atoms with Crippen molar-refractivity contribution >= 4 is 11.9 Å². The van der Waals surface area contributed by atoms with Gasteiger partial charge in [0.2, 0.25) is 0 Å². The first kappa shape index (κ1) is 19.7. The van der Waals surface area contributed by atoms with Crippen molar-refractivity contribution in [1.82, 2.24) is 4.90 Å². The molecule has 0 aromatic heterocycles. The van der Waals surface area contributed by atoms with Crippen molar-refractivity contribution in [2.24, 2.45) is 0 Å². The van der Waals surface area contributed by atoms with E-state index < -0.39 is 11.9 Å². The predicted molar refractivity (Wildman–Crippen MR) is 102 cm³/mol. The molecule has 28 heavy (non-hydrogen) atoms. The molecule has 0 fully saturated rings. The first-order valence-corrected chi connectivity index (χ1v) is 9.16. The molecule has 4 rings (SSSR count). The number of rotatable bonds is 2. The lowest BCUT2D eigenvalue weighted by atomic mass is 9.98. The summed E-state index contributed by atoms with van der Waals surface area (Å²) in [6.45, 7) is 3.08. The second kappa shape index (κ2) is 8.75. The molecule has 0 spiro atoms. The Balaban J connectivity index is 0.000000330. The molecule has 2 heterocycles.